The molecule has 2 aromatic carbocycles. The molecule has 0 saturated carbocycles. The molecule has 25 heavy (non-hydrogen) atoms. The van der Waals surface area contributed by atoms with Crippen LogP contribution in [-0.2, 0) is 27.8 Å². The van der Waals surface area contributed by atoms with Crippen molar-refractivity contribution in [3.63, 3.8) is 0 Å². The second kappa shape index (κ2) is 7.45. The molecule has 0 atom stereocenters. The number of benzene rings is 2. The quantitative estimate of drug-likeness (QED) is 0.840. The number of halogens is 1. The van der Waals surface area contributed by atoms with Gasteiger partial charge >= 0.3 is 0 Å². The molecule has 1 aliphatic heterocycles. The van der Waals surface area contributed by atoms with Gasteiger partial charge in [-0.2, -0.15) is 0 Å². The van der Waals surface area contributed by atoms with Crippen molar-refractivity contribution >= 4 is 33.2 Å². The van der Waals surface area contributed by atoms with Gasteiger partial charge < -0.3 is 5.32 Å². The van der Waals surface area contributed by atoms with Gasteiger partial charge in [-0.3, -0.25) is 9.10 Å². The van der Waals surface area contributed by atoms with Crippen LogP contribution in [0.15, 0.2) is 48.5 Å². The van der Waals surface area contributed by atoms with Gasteiger partial charge in [-0.15, -0.1) is 0 Å². The van der Waals surface area contributed by atoms with E-state index < -0.39 is 10.0 Å². The number of rotatable bonds is 6. The van der Waals surface area contributed by atoms with Crippen LogP contribution < -0.4 is 9.62 Å². The topological polar surface area (TPSA) is 66.5 Å². The van der Waals surface area contributed by atoms with E-state index in [2.05, 4.69) is 5.32 Å². The maximum atomic E-state index is 12.5. The molecule has 0 radical (unpaired) electrons. The third-order valence-electron chi connectivity index (χ3n) is 4.17. The highest BCUT2D eigenvalue weighted by molar-refractivity contribution is 7.92. The van der Waals surface area contributed by atoms with E-state index in [-0.39, 0.29) is 18.1 Å². The van der Waals surface area contributed by atoms with Crippen molar-refractivity contribution in [1.29, 1.82) is 0 Å². The van der Waals surface area contributed by atoms with E-state index in [1.807, 2.05) is 30.3 Å². The summed E-state index contributed by atoms with van der Waals surface area (Å²) in [7, 11) is -3.50. The first-order valence-electron chi connectivity index (χ1n) is 8.05. The highest BCUT2D eigenvalue weighted by atomic mass is 35.5. The van der Waals surface area contributed by atoms with E-state index in [0.29, 0.717) is 24.5 Å². The summed E-state index contributed by atoms with van der Waals surface area (Å²) in [5, 5.41) is 3.37. The Balaban J connectivity index is 1.54. The van der Waals surface area contributed by atoms with Crippen molar-refractivity contribution in [2.75, 3.05) is 16.6 Å². The fourth-order valence-corrected chi connectivity index (χ4v) is 4.46. The molecular weight excluding hydrogens is 360 g/mol. The minimum Gasteiger partial charge on any atom is -0.352 e. The first-order chi connectivity index (χ1) is 12.0. The van der Waals surface area contributed by atoms with Crippen molar-refractivity contribution in [2.45, 2.75) is 19.4 Å². The van der Waals surface area contributed by atoms with E-state index in [4.69, 9.17) is 11.6 Å². The summed E-state index contributed by atoms with van der Waals surface area (Å²) in [6.07, 6.45) is 0.646. The van der Waals surface area contributed by atoms with E-state index in [0.717, 1.165) is 16.8 Å². The minimum absolute atomic E-state index is 0.0609. The Kier molecular flexibility index (Phi) is 5.30. The number of amides is 1. The van der Waals surface area contributed by atoms with Crippen LogP contribution in [0.25, 0.3) is 0 Å². The van der Waals surface area contributed by atoms with Crippen LogP contribution in [0, 0.1) is 0 Å². The van der Waals surface area contributed by atoms with Gasteiger partial charge in [0.25, 0.3) is 0 Å². The fraction of sp³-hybridized carbons (Fsp3) is 0.278. The van der Waals surface area contributed by atoms with Crippen LogP contribution in [0.1, 0.15) is 17.5 Å². The molecular formula is C18H19ClN2O3S. The average molecular weight is 379 g/mol. The van der Waals surface area contributed by atoms with Gasteiger partial charge in [0.1, 0.15) is 0 Å². The van der Waals surface area contributed by atoms with Crippen molar-refractivity contribution in [1.82, 2.24) is 5.32 Å². The summed E-state index contributed by atoms with van der Waals surface area (Å²) >= 11 is 5.81. The predicted molar refractivity (Wildman–Crippen MR) is 99.2 cm³/mol. The molecule has 0 aromatic heterocycles. The van der Waals surface area contributed by atoms with Gasteiger partial charge in [-0.25, -0.2) is 8.42 Å². The monoisotopic (exact) mass is 378 g/mol. The molecule has 3 rings (SSSR count). The number of hydrogen-bond donors (Lipinski definition) is 1. The molecule has 1 heterocycles. The summed E-state index contributed by atoms with van der Waals surface area (Å²) in [5.41, 5.74) is 2.66. The lowest BCUT2D eigenvalue weighted by Crippen LogP contribution is -2.34. The molecule has 0 unspecified atom stereocenters. The van der Waals surface area contributed by atoms with Crippen molar-refractivity contribution in [3.8, 4) is 0 Å². The largest absolute Gasteiger partial charge is 0.352 e. The zero-order valence-electron chi connectivity index (χ0n) is 13.6. The predicted octanol–water partition coefficient (Wildman–Crippen LogP) is 2.74. The third kappa shape index (κ3) is 4.32. The summed E-state index contributed by atoms with van der Waals surface area (Å²) in [4.78, 5) is 12.0. The Bertz CT molecular complexity index is 866. The lowest BCUT2D eigenvalue weighted by Gasteiger charge is -2.19. The Hall–Kier alpha value is -2.05. The van der Waals surface area contributed by atoms with Gasteiger partial charge in [-0.05, 0) is 35.7 Å². The maximum Gasteiger partial charge on any atom is 0.235 e. The zero-order chi connectivity index (χ0) is 17.9. The Morgan fingerprint density at radius 1 is 1.12 bits per heavy atom. The number of nitrogens with zero attached hydrogens (tertiary/aromatic N) is 1. The molecule has 0 saturated heterocycles. The van der Waals surface area contributed by atoms with E-state index in [1.54, 1.807) is 18.2 Å². The number of anilines is 1. The molecule has 2 aromatic rings. The van der Waals surface area contributed by atoms with Crippen LogP contribution in [0.3, 0.4) is 0 Å². The molecule has 5 nitrogen and oxygen atoms in total. The first-order valence-corrected chi connectivity index (χ1v) is 10.0. The van der Waals surface area contributed by atoms with Crippen molar-refractivity contribution < 1.29 is 13.2 Å². The molecule has 132 valence electrons. The maximum absolute atomic E-state index is 12.5. The molecule has 1 N–H and O–H groups in total. The van der Waals surface area contributed by atoms with E-state index in [9.17, 15) is 13.2 Å². The van der Waals surface area contributed by atoms with Crippen molar-refractivity contribution in [3.05, 3.63) is 64.7 Å². The van der Waals surface area contributed by atoms with Gasteiger partial charge in [-0.1, -0.05) is 41.9 Å². The van der Waals surface area contributed by atoms with Gasteiger partial charge in [0.05, 0.1) is 11.4 Å². The number of nitrogens with one attached hydrogen (secondary N) is 1. The van der Waals surface area contributed by atoms with Gasteiger partial charge in [0.2, 0.25) is 15.9 Å². The summed E-state index contributed by atoms with van der Waals surface area (Å²) in [5.74, 6) is -0.487. The molecule has 0 aliphatic carbocycles. The smallest absolute Gasteiger partial charge is 0.235 e. The van der Waals surface area contributed by atoms with E-state index >= 15 is 0 Å². The van der Waals surface area contributed by atoms with Gasteiger partial charge in [0, 0.05) is 24.5 Å². The highest BCUT2D eigenvalue weighted by Gasteiger charge is 2.29. The summed E-state index contributed by atoms with van der Waals surface area (Å²) in [6.45, 7) is 0.788. The molecule has 0 fully saturated rings. The Morgan fingerprint density at radius 2 is 1.84 bits per heavy atom. The number of sulfonamides is 1. The Morgan fingerprint density at radius 3 is 2.60 bits per heavy atom. The van der Waals surface area contributed by atoms with Crippen LogP contribution in [0.4, 0.5) is 5.69 Å². The second-order valence-corrected chi connectivity index (χ2v) is 8.37. The third-order valence-corrected chi connectivity index (χ3v) is 6.19. The van der Waals surface area contributed by atoms with Crippen LogP contribution in [0.5, 0.6) is 0 Å². The lowest BCUT2D eigenvalue weighted by molar-refractivity contribution is -0.120. The Labute approximate surface area is 152 Å². The number of hydrogen-bond acceptors (Lipinski definition) is 3. The normalized spacial score (nSPS) is 13.6. The molecule has 1 aliphatic rings. The second-order valence-electron chi connectivity index (χ2n) is 5.92. The number of carbonyl (C=O) groups is 1. The summed E-state index contributed by atoms with van der Waals surface area (Å²) in [6, 6.07) is 14.6. The fourth-order valence-electron chi connectivity index (χ4n) is 2.82. The number of para-hydroxylation sites is 1. The lowest BCUT2D eigenvalue weighted by atomic mass is 10.2. The van der Waals surface area contributed by atoms with E-state index in [1.165, 1.54) is 4.31 Å². The van der Waals surface area contributed by atoms with Crippen molar-refractivity contribution in [2.24, 2.45) is 0 Å². The SMILES string of the molecule is O=C(CCS(=O)(=O)N1CCc2ccccc21)NCc1ccc(Cl)cc1. The molecule has 0 bridgehead atoms. The van der Waals surface area contributed by atoms with Crippen LogP contribution in [-0.4, -0.2) is 26.6 Å². The van der Waals surface area contributed by atoms with Crippen LogP contribution in [0.2, 0.25) is 5.02 Å². The minimum atomic E-state index is -3.50. The molecule has 1 amide bonds. The summed E-state index contributed by atoms with van der Waals surface area (Å²) < 4.78 is 26.5. The first kappa shape index (κ1) is 17.8. The number of fused-ring (bicyclic) bond motifs is 1. The molecule has 7 heteroatoms. The number of carbonyl (C=O) groups excluding carboxylic acids is 1. The standard InChI is InChI=1S/C18H19ClN2O3S/c19-16-7-5-14(6-8-16)13-20-18(22)10-12-25(23,24)21-11-9-15-3-1-2-4-17(15)21/h1-8H,9-13H2,(H,20,22). The zero-order valence-corrected chi connectivity index (χ0v) is 15.2. The van der Waals surface area contributed by atoms with Gasteiger partial charge in [0.15, 0.2) is 0 Å². The highest BCUT2D eigenvalue weighted by Crippen LogP contribution is 2.30. The average Bonchev–Trinajstić information content (AvgIpc) is 3.04. The van der Waals surface area contributed by atoms with Crippen LogP contribution >= 0.6 is 11.6 Å². The molecule has 0 spiro atoms.